The summed E-state index contributed by atoms with van der Waals surface area (Å²) in [5.41, 5.74) is -2.64. The van der Waals surface area contributed by atoms with Crippen molar-refractivity contribution in [2.24, 2.45) is 0 Å². The Morgan fingerprint density at radius 3 is 2.00 bits per heavy atom. The molecule has 1 rings (SSSR count). The van der Waals surface area contributed by atoms with Crippen molar-refractivity contribution in [1.82, 2.24) is 0 Å². The lowest BCUT2D eigenvalue weighted by atomic mass is 9.75. The number of aliphatic hydroxyl groups is 4. The van der Waals surface area contributed by atoms with Gasteiger partial charge in [-0.1, -0.05) is 0 Å². The van der Waals surface area contributed by atoms with Crippen molar-refractivity contribution in [2.75, 3.05) is 0 Å². The van der Waals surface area contributed by atoms with Gasteiger partial charge in [0.2, 0.25) is 0 Å². The van der Waals surface area contributed by atoms with E-state index in [0.29, 0.717) is 44.9 Å². The first-order valence-electron chi connectivity index (χ1n) is 6.87. The van der Waals surface area contributed by atoms with Gasteiger partial charge in [0.15, 0.2) is 0 Å². The van der Waals surface area contributed by atoms with E-state index in [1.165, 1.54) is 0 Å². The van der Waals surface area contributed by atoms with Gasteiger partial charge < -0.3 is 20.4 Å². The summed E-state index contributed by atoms with van der Waals surface area (Å²) in [7, 11) is 0. The zero-order valence-electron chi connectivity index (χ0n) is 11.8. The fourth-order valence-electron chi connectivity index (χ4n) is 2.69. The minimum atomic E-state index is -0.975. The zero-order valence-corrected chi connectivity index (χ0v) is 11.8. The Labute approximate surface area is 110 Å². The number of hydrogen-bond donors (Lipinski definition) is 4. The van der Waals surface area contributed by atoms with Gasteiger partial charge in [-0.25, -0.2) is 0 Å². The molecule has 4 N–H and O–H groups in total. The highest BCUT2D eigenvalue weighted by atomic mass is 16.3. The van der Waals surface area contributed by atoms with Crippen LogP contribution >= 0.6 is 0 Å². The van der Waals surface area contributed by atoms with Crippen LogP contribution in [0, 0.1) is 0 Å². The summed E-state index contributed by atoms with van der Waals surface area (Å²) in [5, 5.41) is 39.9. The Balaban J connectivity index is 2.48. The topological polar surface area (TPSA) is 80.9 Å². The molecule has 0 aromatic carbocycles. The third-order valence-electron chi connectivity index (χ3n) is 3.87. The van der Waals surface area contributed by atoms with Crippen LogP contribution in [0.5, 0.6) is 0 Å². The Hall–Kier alpha value is -0.160. The second-order valence-corrected chi connectivity index (χ2v) is 6.94. The monoisotopic (exact) mass is 260 g/mol. The van der Waals surface area contributed by atoms with Gasteiger partial charge in [0.1, 0.15) is 0 Å². The molecule has 4 heteroatoms. The van der Waals surface area contributed by atoms with Crippen molar-refractivity contribution in [3.63, 3.8) is 0 Å². The van der Waals surface area contributed by atoms with Gasteiger partial charge in [0.05, 0.1) is 22.9 Å². The van der Waals surface area contributed by atoms with Crippen molar-refractivity contribution in [3.8, 4) is 0 Å². The minimum absolute atomic E-state index is 0.308. The van der Waals surface area contributed by atoms with E-state index in [1.807, 2.05) is 0 Å². The van der Waals surface area contributed by atoms with E-state index in [9.17, 15) is 20.4 Å². The largest absolute Gasteiger partial charge is 0.393 e. The third kappa shape index (κ3) is 5.65. The van der Waals surface area contributed by atoms with E-state index in [4.69, 9.17) is 0 Å². The summed E-state index contributed by atoms with van der Waals surface area (Å²) in [4.78, 5) is 0. The quantitative estimate of drug-likeness (QED) is 0.601. The highest BCUT2D eigenvalue weighted by Crippen LogP contribution is 2.36. The molecule has 0 bridgehead atoms. The normalized spacial score (nSPS) is 33.2. The molecule has 0 aromatic heterocycles. The van der Waals surface area contributed by atoms with Crippen molar-refractivity contribution >= 4 is 0 Å². The number of aliphatic hydroxyl groups excluding tert-OH is 1. The lowest BCUT2D eigenvalue weighted by Gasteiger charge is -2.40. The molecule has 0 aliphatic heterocycles. The molecule has 1 atom stereocenters. The zero-order chi connectivity index (χ0) is 14.0. The van der Waals surface area contributed by atoms with Crippen LogP contribution in [0.3, 0.4) is 0 Å². The second kappa shape index (κ2) is 5.45. The Morgan fingerprint density at radius 2 is 1.56 bits per heavy atom. The predicted octanol–water partition coefficient (Wildman–Crippen LogP) is 1.34. The van der Waals surface area contributed by atoms with Gasteiger partial charge in [0, 0.05) is 6.42 Å². The average Bonchev–Trinajstić information content (AvgIpc) is 2.19. The van der Waals surface area contributed by atoms with Gasteiger partial charge in [-0.15, -0.1) is 0 Å². The highest BCUT2D eigenvalue weighted by molar-refractivity contribution is 4.92. The van der Waals surface area contributed by atoms with Gasteiger partial charge in [0.25, 0.3) is 0 Å². The van der Waals surface area contributed by atoms with Crippen molar-refractivity contribution in [2.45, 2.75) is 88.6 Å². The van der Waals surface area contributed by atoms with Crippen LogP contribution < -0.4 is 0 Å². The third-order valence-corrected chi connectivity index (χ3v) is 3.87. The maximum atomic E-state index is 10.4. The molecular formula is C14H28O4. The first kappa shape index (κ1) is 15.9. The standard InChI is InChI=1S/C14H28O4/c1-12(2,16)8-9-13(3,17)10-14(18)6-4-11(15)5-7-14/h11,15-18H,4-10H2,1-3H3. The van der Waals surface area contributed by atoms with Crippen LogP contribution in [0.2, 0.25) is 0 Å². The highest BCUT2D eigenvalue weighted by Gasteiger charge is 2.39. The molecule has 1 aliphatic rings. The summed E-state index contributed by atoms with van der Waals surface area (Å²) < 4.78 is 0. The van der Waals surface area contributed by atoms with Crippen LogP contribution in [0.25, 0.3) is 0 Å². The molecule has 4 nitrogen and oxygen atoms in total. The van der Waals surface area contributed by atoms with Crippen molar-refractivity contribution in [1.29, 1.82) is 0 Å². The minimum Gasteiger partial charge on any atom is -0.393 e. The lowest BCUT2D eigenvalue weighted by molar-refractivity contribution is -0.0970. The Morgan fingerprint density at radius 1 is 1.06 bits per heavy atom. The van der Waals surface area contributed by atoms with Gasteiger partial charge in [-0.2, -0.15) is 0 Å². The molecule has 1 fully saturated rings. The first-order valence-corrected chi connectivity index (χ1v) is 6.87. The first-order chi connectivity index (χ1) is 8.02. The van der Waals surface area contributed by atoms with E-state index in [0.717, 1.165) is 0 Å². The van der Waals surface area contributed by atoms with E-state index >= 15 is 0 Å². The van der Waals surface area contributed by atoms with Gasteiger partial charge in [-0.3, -0.25) is 0 Å². The molecule has 18 heavy (non-hydrogen) atoms. The molecular weight excluding hydrogens is 232 g/mol. The smallest absolute Gasteiger partial charge is 0.0677 e. The molecule has 108 valence electrons. The fraction of sp³-hybridized carbons (Fsp3) is 1.00. The van der Waals surface area contributed by atoms with Crippen LogP contribution in [0.4, 0.5) is 0 Å². The summed E-state index contributed by atoms with van der Waals surface area (Å²) in [6, 6.07) is 0. The Bertz CT molecular complexity index is 259. The van der Waals surface area contributed by atoms with E-state index in [-0.39, 0.29) is 6.10 Å². The molecule has 1 saturated carbocycles. The molecule has 0 spiro atoms. The fourth-order valence-corrected chi connectivity index (χ4v) is 2.69. The van der Waals surface area contributed by atoms with Crippen molar-refractivity contribution in [3.05, 3.63) is 0 Å². The molecule has 0 heterocycles. The van der Waals surface area contributed by atoms with E-state index in [1.54, 1.807) is 20.8 Å². The van der Waals surface area contributed by atoms with E-state index < -0.39 is 16.8 Å². The van der Waals surface area contributed by atoms with Gasteiger partial charge >= 0.3 is 0 Å². The van der Waals surface area contributed by atoms with Crippen LogP contribution in [-0.2, 0) is 0 Å². The predicted molar refractivity (Wildman–Crippen MR) is 70.2 cm³/mol. The summed E-state index contributed by atoms with van der Waals surface area (Å²) >= 11 is 0. The SMILES string of the molecule is CC(C)(O)CCC(C)(O)CC1(O)CCC(O)CC1. The maximum Gasteiger partial charge on any atom is 0.0677 e. The average molecular weight is 260 g/mol. The van der Waals surface area contributed by atoms with Crippen LogP contribution in [0.15, 0.2) is 0 Å². The molecule has 0 amide bonds. The molecule has 0 aromatic rings. The molecule has 0 saturated heterocycles. The number of hydrogen-bond acceptors (Lipinski definition) is 4. The summed E-state index contributed by atoms with van der Waals surface area (Å²) in [6.45, 7) is 5.14. The molecule has 0 radical (unpaired) electrons. The maximum absolute atomic E-state index is 10.4. The molecule has 1 aliphatic carbocycles. The van der Waals surface area contributed by atoms with Crippen LogP contribution in [0.1, 0.15) is 65.7 Å². The van der Waals surface area contributed by atoms with Crippen LogP contribution in [-0.4, -0.2) is 43.3 Å². The summed E-state index contributed by atoms with van der Waals surface area (Å²) in [5.74, 6) is 0. The Kier molecular flexibility index (Phi) is 4.81. The number of rotatable bonds is 5. The second-order valence-electron chi connectivity index (χ2n) is 6.94. The summed E-state index contributed by atoms with van der Waals surface area (Å²) in [6.07, 6.45) is 3.21. The molecule has 1 unspecified atom stereocenters. The van der Waals surface area contributed by atoms with E-state index in [2.05, 4.69) is 0 Å². The lowest BCUT2D eigenvalue weighted by Crippen LogP contribution is -2.43. The van der Waals surface area contributed by atoms with Crippen molar-refractivity contribution < 1.29 is 20.4 Å². The van der Waals surface area contributed by atoms with Gasteiger partial charge in [-0.05, 0) is 59.3 Å².